The molecule has 0 radical (unpaired) electrons. The first-order valence-electron chi connectivity index (χ1n) is 13.3. The van der Waals surface area contributed by atoms with Crippen molar-refractivity contribution in [3.05, 3.63) is 114 Å². The molecule has 196 valence electrons. The third-order valence-corrected chi connectivity index (χ3v) is 6.49. The number of rotatable bonds is 13. The van der Waals surface area contributed by atoms with Crippen LogP contribution in [0.25, 0.3) is 11.1 Å². The highest BCUT2D eigenvalue weighted by molar-refractivity contribution is 5.95. The van der Waals surface area contributed by atoms with Gasteiger partial charge in [0.1, 0.15) is 5.75 Å². The van der Waals surface area contributed by atoms with Gasteiger partial charge in [0.15, 0.2) is 6.23 Å². The smallest absolute Gasteiger partial charge is 0.256 e. The Bertz CT molecular complexity index is 1260. The van der Waals surface area contributed by atoms with Crippen LogP contribution in [0.2, 0.25) is 0 Å². The van der Waals surface area contributed by atoms with Gasteiger partial charge in [-0.25, -0.2) is 0 Å². The highest BCUT2D eigenvalue weighted by Gasteiger charge is 2.27. The highest BCUT2D eigenvalue weighted by Crippen LogP contribution is 2.30. The average molecular weight is 510 g/mol. The van der Waals surface area contributed by atoms with Crippen molar-refractivity contribution in [2.75, 3.05) is 13.2 Å². The van der Waals surface area contributed by atoms with E-state index in [1.165, 1.54) is 11.3 Å². The Morgan fingerprint density at radius 1 is 0.868 bits per heavy atom. The van der Waals surface area contributed by atoms with Gasteiger partial charge in [0.2, 0.25) is 0 Å². The van der Waals surface area contributed by atoms with E-state index < -0.39 is 6.23 Å². The second kappa shape index (κ2) is 14.1. The molecule has 1 unspecified atom stereocenters. The Labute approximate surface area is 225 Å². The standard InChI is InChI=1S/C32H35N3O3/c1-2-3-4-9-24-38-30-12-6-5-11-29(30)32(37)35(23-19-28-10-7-8-20-34-28)31(36)27-15-13-25(14-16-27)26-17-21-33-22-18-26/h5-8,10-18,20-22,32,37H,2-4,9,19,23-24H2,1H3. The summed E-state index contributed by atoms with van der Waals surface area (Å²) in [5, 5.41) is 11.5. The van der Waals surface area contributed by atoms with Gasteiger partial charge in [-0.1, -0.05) is 62.6 Å². The van der Waals surface area contributed by atoms with Crippen molar-refractivity contribution in [1.29, 1.82) is 0 Å². The number of nitrogens with zero attached hydrogens (tertiary/aromatic N) is 3. The number of carbonyl (C=O) groups excluding carboxylic acids is 1. The van der Waals surface area contributed by atoms with Crippen LogP contribution in [0.3, 0.4) is 0 Å². The quantitative estimate of drug-likeness (QED) is 0.165. The van der Waals surface area contributed by atoms with Crippen LogP contribution in [0.1, 0.15) is 60.5 Å². The average Bonchev–Trinajstić information content (AvgIpc) is 2.98. The SMILES string of the molecule is CCCCCCOc1ccccc1C(O)N(CCc1ccccn1)C(=O)c1ccc(-c2ccncc2)cc1. The Kier molecular flexibility index (Phi) is 9.99. The molecular formula is C32H35N3O3. The summed E-state index contributed by atoms with van der Waals surface area (Å²) in [5.74, 6) is 0.340. The molecule has 1 amide bonds. The maximum atomic E-state index is 13.8. The molecule has 0 bridgehead atoms. The van der Waals surface area contributed by atoms with E-state index in [0.29, 0.717) is 36.4 Å². The first kappa shape index (κ1) is 27.0. The molecule has 2 heterocycles. The van der Waals surface area contributed by atoms with Crippen LogP contribution in [-0.4, -0.2) is 39.0 Å². The van der Waals surface area contributed by atoms with Crippen molar-refractivity contribution in [2.45, 2.75) is 45.3 Å². The van der Waals surface area contributed by atoms with Crippen LogP contribution in [0, 0.1) is 0 Å². The minimum absolute atomic E-state index is 0.257. The topological polar surface area (TPSA) is 75.6 Å². The van der Waals surface area contributed by atoms with Gasteiger partial charge in [-0.2, -0.15) is 0 Å². The highest BCUT2D eigenvalue weighted by atomic mass is 16.5. The molecule has 1 N–H and O–H groups in total. The van der Waals surface area contributed by atoms with Crippen LogP contribution < -0.4 is 4.74 Å². The number of amides is 1. The first-order chi connectivity index (χ1) is 18.7. The fraction of sp³-hybridized carbons (Fsp3) is 0.281. The van der Waals surface area contributed by atoms with E-state index in [1.54, 1.807) is 30.7 Å². The molecule has 6 heteroatoms. The number of carbonyl (C=O) groups is 1. The number of pyridine rings is 2. The fourth-order valence-corrected chi connectivity index (χ4v) is 4.34. The van der Waals surface area contributed by atoms with Crippen molar-refractivity contribution < 1.29 is 14.6 Å². The number of para-hydroxylation sites is 1. The summed E-state index contributed by atoms with van der Waals surface area (Å²) in [6, 6.07) is 24.4. The third kappa shape index (κ3) is 7.26. The minimum Gasteiger partial charge on any atom is -0.493 e. The second-order valence-corrected chi connectivity index (χ2v) is 9.20. The molecule has 4 aromatic rings. The summed E-state index contributed by atoms with van der Waals surface area (Å²) in [5.41, 5.74) is 3.94. The summed E-state index contributed by atoms with van der Waals surface area (Å²) in [6.45, 7) is 3.05. The Morgan fingerprint density at radius 3 is 2.34 bits per heavy atom. The zero-order chi connectivity index (χ0) is 26.6. The molecule has 0 aliphatic heterocycles. The van der Waals surface area contributed by atoms with E-state index in [1.807, 2.05) is 66.7 Å². The molecule has 0 saturated carbocycles. The number of aliphatic hydroxyl groups excluding tert-OH is 1. The number of ether oxygens (including phenoxy) is 1. The van der Waals surface area contributed by atoms with Crippen molar-refractivity contribution in [1.82, 2.24) is 14.9 Å². The van der Waals surface area contributed by atoms with Gasteiger partial charge in [-0.3, -0.25) is 14.8 Å². The molecule has 0 aliphatic rings. The number of benzene rings is 2. The Balaban J connectivity index is 1.56. The van der Waals surface area contributed by atoms with Gasteiger partial charge < -0.3 is 14.7 Å². The first-order valence-corrected chi connectivity index (χ1v) is 13.3. The molecule has 0 saturated heterocycles. The van der Waals surface area contributed by atoms with Gasteiger partial charge in [0.05, 0.1) is 6.61 Å². The maximum Gasteiger partial charge on any atom is 0.256 e. The molecule has 1 atom stereocenters. The van der Waals surface area contributed by atoms with Crippen LogP contribution in [-0.2, 0) is 6.42 Å². The van der Waals surface area contributed by atoms with Gasteiger partial charge in [-0.05, 0) is 60.0 Å². The van der Waals surface area contributed by atoms with Crippen LogP contribution in [0.5, 0.6) is 5.75 Å². The van der Waals surface area contributed by atoms with Crippen molar-refractivity contribution in [3.8, 4) is 16.9 Å². The molecule has 0 spiro atoms. The Hall–Kier alpha value is -4.03. The normalized spacial score (nSPS) is 11.6. The summed E-state index contributed by atoms with van der Waals surface area (Å²) in [6.07, 6.45) is 8.94. The second-order valence-electron chi connectivity index (χ2n) is 9.20. The molecule has 2 aromatic carbocycles. The minimum atomic E-state index is -1.17. The zero-order valence-corrected chi connectivity index (χ0v) is 21.9. The van der Waals surface area contributed by atoms with E-state index in [4.69, 9.17) is 4.74 Å². The molecule has 0 fully saturated rings. The van der Waals surface area contributed by atoms with Crippen molar-refractivity contribution >= 4 is 5.91 Å². The van der Waals surface area contributed by atoms with E-state index in [-0.39, 0.29) is 5.91 Å². The lowest BCUT2D eigenvalue weighted by Gasteiger charge is -2.29. The fourth-order valence-electron chi connectivity index (χ4n) is 4.34. The molecule has 2 aromatic heterocycles. The monoisotopic (exact) mass is 509 g/mol. The summed E-state index contributed by atoms with van der Waals surface area (Å²) in [7, 11) is 0. The van der Waals surface area contributed by atoms with Gasteiger partial charge in [-0.15, -0.1) is 0 Å². The van der Waals surface area contributed by atoms with Crippen LogP contribution in [0.4, 0.5) is 0 Å². The van der Waals surface area contributed by atoms with Gasteiger partial charge in [0.25, 0.3) is 5.91 Å². The lowest BCUT2D eigenvalue weighted by atomic mass is 10.0. The molecule has 0 aliphatic carbocycles. The lowest BCUT2D eigenvalue weighted by Crippen LogP contribution is -2.37. The number of aromatic nitrogens is 2. The Morgan fingerprint density at radius 2 is 1.61 bits per heavy atom. The maximum absolute atomic E-state index is 13.8. The van der Waals surface area contributed by atoms with E-state index in [2.05, 4.69) is 16.9 Å². The van der Waals surface area contributed by atoms with E-state index in [0.717, 1.165) is 36.1 Å². The summed E-state index contributed by atoms with van der Waals surface area (Å²) in [4.78, 5) is 23.7. The van der Waals surface area contributed by atoms with E-state index >= 15 is 0 Å². The molecule has 4 rings (SSSR count). The number of aliphatic hydroxyl groups is 1. The lowest BCUT2D eigenvalue weighted by molar-refractivity contribution is 0.00538. The van der Waals surface area contributed by atoms with Crippen LogP contribution >= 0.6 is 0 Å². The van der Waals surface area contributed by atoms with Gasteiger partial charge in [0, 0.05) is 48.4 Å². The van der Waals surface area contributed by atoms with Crippen molar-refractivity contribution in [2.24, 2.45) is 0 Å². The van der Waals surface area contributed by atoms with E-state index in [9.17, 15) is 9.90 Å². The molecule has 6 nitrogen and oxygen atoms in total. The third-order valence-electron chi connectivity index (χ3n) is 6.49. The zero-order valence-electron chi connectivity index (χ0n) is 21.9. The molecular weight excluding hydrogens is 474 g/mol. The number of unbranched alkanes of at least 4 members (excludes halogenated alkanes) is 3. The van der Waals surface area contributed by atoms with Crippen LogP contribution in [0.15, 0.2) is 97.5 Å². The number of hydrogen-bond donors (Lipinski definition) is 1. The van der Waals surface area contributed by atoms with Crippen molar-refractivity contribution in [3.63, 3.8) is 0 Å². The number of hydrogen-bond acceptors (Lipinski definition) is 5. The largest absolute Gasteiger partial charge is 0.493 e. The molecule has 38 heavy (non-hydrogen) atoms. The summed E-state index contributed by atoms with van der Waals surface area (Å²) >= 11 is 0. The predicted molar refractivity (Wildman–Crippen MR) is 150 cm³/mol. The van der Waals surface area contributed by atoms with Gasteiger partial charge >= 0.3 is 0 Å². The predicted octanol–water partition coefficient (Wildman–Crippen LogP) is 6.48. The summed E-state index contributed by atoms with van der Waals surface area (Å²) < 4.78 is 6.05.